The lowest BCUT2D eigenvalue weighted by Gasteiger charge is -2.10. The largest absolute Gasteiger partial charge is 0.497 e. The molecule has 2 aromatic rings. The van der Waals surface area contributed by atoms with Crippen molar-refractivity contribution in [2.45, 2.75) is 46.1 Å². The molecule has 1 aromatic heterocycles. The van der Waals surface area contributed by atoms with Crippen molar-refractivity contribution >= 4 is 0 Å². The summed E-state index contributed by atoms with van der Waals surface area (Å²) in [5.74, 6) is 1.59. The number of hydrogen-bond acceptors (Lipinski definition) is 6. The summed E-state index contributed by atoms with van der Waals surface area (Å²) in [5, 5.41) is 0. The molecular weight excluding hydrogens is 336 g/mol. The minimum atomic E-state index is -0.292. The van der Waals surface area contributed by atoms with Crippen LogP contribution in [0.25, 0.3) is 0 Å². The Morgan fingerprint density at radius 1 is 0.885 bits per heavy atom. The molecule has 2 fully saturated rings. The summed E-state index contributed by atoms with van der Waals surface area (Å²) in [6, 6.07) is 11.4. The topological polar surface area (TPSA) is 59.3 Å². The number of furan rings is 1. The maximum Gasteiger partial charge on any atom is 0.217 e. The first-order valence-electron chi connectivity index (χ1n) is 8.37. The SMILES string of the molecule is C.CC1COC(c2ccco2)O1.COc1ccc(C2OCC(C)O2)cc1. The molecule has 0 spiro atoms. The van der Waals surface area contributed by atoms with Gasteiger partial charge in [-0.25, -0.2) is 0 Å². The van der Waals surface area contributed by atoms with E-state index >= 15 is 0 Å². The van der Waals surface area contributed by atoms with E-state index in [9.17, 15) is 0 Å². The van der Waals surface area contributed by atoms with E-state index in [1.807, 2.05) is 50.2 Å². The third kappa shape index (κ3) is 5.32. The van der Waals surface area contributed by atoms with Crippen molar-refractivity contribution in [1.82, 2.24) is 0 Å². The van der Waals surface area contributed by atoms with Gasteiger partial charge in [0.1, 0.15) is 5.75 Å². The van der Waals surface area contributed by atoms with Crippen LogP contribution in [0, 0.1) is 0 Å². The monoisotopic (exact) mass is 364 g/mol. The molecule has 4 rings (SSSR count). The number of ether oxygens (including phenoxy) is 5. The molecule has 0 aliphatic carbocycles. The number of benzene rings is 1. The number of rotatable bonds is 3. The summed E-state index contributed by atoms with van der Waals surface area (Å²) < 4.78 is 31.9. The van der Waals surface area contributed by atoms with Gasteiger partial charge in [-0.15, -0.1) is 0 Å². The molecule has 144 valence electrons. The van der Waals surface area contributed by atoms with Gasteiger partial charge in [0, 0.05) is 5.56 Å². The van der Waals surface area contributed by atoms with E-state index in [0.29, 0.717) is 13.2 Å². The summed E-state index contributed by atoms with van der Waals surface area (Å²) >= 11 is 0. The van der Waals surface area contributed by atoms with E-state index < -0.39 is 0 Å². The van der Waals surface area contributed by atoms with Gasteiger partial charge in [0.2, 0.25) is 6.29 Å². The fourth-order valence-corrected chi connectivity index (χ4v) is 2.54. The predicted octanol–water partition coefficient (Wildman–Crippen LogP) is 4.48. The molecular formula is C20H28O6. The van der Waals surface area contributed by atoms with E-state index in [2.05, 4.69) is 0 Å². The zero-order chi connectivity index (χ0) is 17.6. The fraction of sp³-hybridized carbons (Fsp3) is 0.500. The molecule has 6 heteroatoms. The maximum absolute atomic E-state index is 5.56. The molecule has 0 N–H and O–H groups in total. The molecule has 2 saturated heterocycles. The predicted molar refractivity (Wildman–Crippen MR) is 96.9 cm³/mol. The van der Waals surface area contributed by atoms with E-state index in [-0.39, 0.29) is 32.2 Å². The van der Waals surface area contributed by atoms with Gasteiger partial charge in [0.05, 0.1) is 38.8 Å². The Hall–Kier alpha value is -1.86. The average Bonchev–Trinajstić information content (AvgIpc) is 3.37. The van der Waals surface area contributed by atoms with Gasteiger partial charge in [-0.3, -0.25) is 0 Å². The second-order valence-electron chi connectivity index (χ2n) is 6.01. The Morgan fingerprint density at radius 3 is 1.96 bits per heavy atom. The van der Waals surface area contributed by atoms with Crippen LogP contribution in [0.4, 0.5) is 0 Å². The molecule has 0 radical (unpaired) electrons. The first kappa shape index (κ1) is 20.5. The lowest BCUT2D eigenvalue weighted by atomic mass is 10.2. The molecule has 2 aliphatic rings. The highest BCUT2D eigenvalue weighted by Gasteiger charge is 2.26. The van der Waals surface area contributed by atoms with Crippen molar-refractivity contribution in [3.8, 4) is 5.75 Å². The molecule has 4 atom stereocenters. The molecule has 0 bridgehead atoms. The molecule has 0 saturated carbocycles. The highest BCUT2D eigenvalue weighted by Crippen LogP contribution is 2.28. The third-order valence-electron chi connectivity index (χ3n) is 3.84. The molecule has 0 amide bonds. The van der Waals surface area contributed by atoms with Crippen LogP contribution in [0.3, 0.4) is 0 Å². The normalized spacial score (nSPS) is 27.3. The third-order valence-corrected chi connectivity index (χ3v) is 3.84. The van der Waals surface area contributed by atoms with Crippen LogP contribution in [-0.2, 0) is 18.9 Å². The zero-order valence-corrected chi connectivity index (χ0v) is 14.7. The van der Waals surface area contributed by atoms with Gasteiger partial charge in [-0.2, -0.15) is 0 Å². The Labute approximate surface area is 154 Å². The quantitative estimate of drug-likeness (QED) is 0.800. The highest BCUT2D eigenvalue weighted by atomic mass is 16.7. The van der Waals surface area contributed by atoms with Gasteiger partial charge in [0.15, 0.2) is 12.1 Å². The summed E-state index contributed by atoms with van der Waals surface area (Å²) in [6.45, 7) is 5.29. The van der Waals surface area contributed by atoms with Crippen LogP contribution in [0.5, 0.6) is 5.75 Å². The second kappa shape index (κ2) is 9.73. The van der Waals surface area contributed by atoms with Crippen molar-refractivity contribution in [3.05, 3.63) is 54.0 Å². The van der Waals surface area contributed by atoms with Crippen molar-refractivity contribution in [2.75, 3.05) is 20.3 Å². The Morgan fingerprint density at radius 2 is 1.50 bits per heavy atom. The molecule has 26 heavy (non-hydrogen) atoms. The van der Waals surface area contributed by atoms with E-state index in [4.69, 9.17) is 28.1 Å². The van der Waals surface area contributed by atoms with Gasteiger partial charge in [-0.1, -0.05) is 19.6 Å². The summed E-state index contributed by atoms with van der Waals surface area (Å²) in [6.07, 6.45) is 1.47. The average molecular weight is 364 g/mol. The number of methoxy groups -OCH3 is 1. The zero-order valence-electron chi connectivity index (χ0n) is 14.7. The van der Waals surface area contributed by atoms with E-state index in [1.54, 1.807) is 13.4 Å². The standard InChI is InChI=1S/C11H14O3.C8H10O3.CH4/c1-8-7-13-11(14-8)9-3-5-10(12-2)6-4-9;1-6-5-10-8(11-6)7-3-2-4-9-7;/h3-6,8,11H,7H2,1-2H3;2-4,6,8H,5H2,1H3;1H4. The maximum atomic E-state index is 5.56. The summed E-state index contributed by atoms with van der Waals surface area (Å²) in [4.78, 5) is 0. The second-order valence-corrected chi connectivity index (χ2v) is 6.01. The minimum absolute atomic E-state index is 0. The molecule has 6 nitrogen and oxygen atoms in total. The van der Waals surface area contributed by atoms with Crippen molar-refractivity contribution in [1.29, 1.82) is 0 Å². The number of hydrogen-bond donors (Lipinski definition) is 0. The Kier molecular flexibility index (Phi) is 7.66. The van der Waals surface area contributed by atoms with Crippen molar-refractivity contribution in [2.24, 2.45) is 0 Å². The van der Waals surface area contributed by atoms with Crippen LogP contribution >= 0.6 is 0 Å². The fourth-order valence-electron chi connectivity index (χ4n) is 2.54. The van der Waals surface area contributed by atoms with Crippen molar-refractivity contribution in [3.63, 3.8) is 0 Å². The smallest absolute Gasteiger partial charge is 0.217 e. The first-order chi connectivity index (χ1) is 12.2. The highest BCUT2D eigenvalue weighted by molar-refractivity contribution is 5.28. The summed E-state index contributed by atoms with van der Waals surface area (Å²) in [5.41, 5.74) is 1.04. The molecule has 1 aromatic carbocycles. The first-order valence-corrected chi connectivity index (χ1v) is 8.37. The summed E-state index contributed by atoms with van der Waals surface area (Å²) in [7, 11) is 1.65. The van der Waals surface area contributed by atoms with Crippen molar-refractivity contribution < 1.29 is 28.1 Å². The van der Waals surface area contributed by atoms with Crippen LogP contribution in [0.15, 0.2) is 47.1 Å². The Bertz CT molecular complexity index is 624. The van der Waals surface area contributed by atoms with E-state index in [0.717, 1.165) is 17.1 Å². The van der Waals surface area contributed by atoms with Gasteiger partial charge in [0.25, 0.3) is 0 Å². The van der Waals surface area contributed by atoms with E-state index in [1.165, 1.54) is 0 Å². The van der Waals surface area contributed by atoms with Crippen LogP contribution < -0.4 is 4.74 Å². The Balaban J connectivity index is 0.000000184. The molecule has 4 unspecified atom stereocenters. The van der Waals surface area contributed by atoms with Gasteiger partial charge in [-0.05, 0) is 38.1 Å². The lowest BCUT2D eigenvalue weighted by Crippen LogP contribution is -2.02. The lowest BCUT2D eigenvalue weighted by molar-refractivity contribution is -0.0711. The minimum Gasteiger partial charge on any atom is -0.497 e. The van der Waals surface area contributed by atoms with Gasteiger partial charge < -0.3 is 28.1 Å². The van der Waals surface area contributed by atoms with Crippen LogP contribution in [-0.4, -0.2) is 32.5 Å². The van der Waals surface area contributed by atoms with Crippen LogP contribution in [0.2, 0.25) is 0 Å². The van der Waals surface area contributed by atoms with Gasteiger partial charge >= 0.3 is 0 Å². The molecule has 3 heterocycles. The van der Waals surface area contributed by atoms with Crippen LogP contribution in [0.1, 0.15) is 45.2 Å². The molecule has 2 aliphatic heterocycles.